The van der Waals surface area contributed by atoms with Gasteiger partial charge in [-0.05, 0) is 43.7 Å². The molecule has 0 bridgehead atoms. The monoisotopic (exact) mass is 400 g/mol. The number of aliphatic hydroxyl groups is 1. The number of benzene rings is 2. The lowest BCUT2D eigenvalue weighted by Crippen LogP contribution is -2.27. The number of ether oxygens (including phenoxy) is 1. The molecule has 0 aliphatic rings. The molecule has 1 aromatic heterocycles. The fraction of sp³-hybridized carbons (Fsp3) is 0.238. The van der Waals surface area contributed by atoms with Crippen LogP contribution in [0.4, 0.5) is 4.39 Å². The molecule has 0 aliphatic carbocycles. The summed E-state index contributed by atoms with van der Waals surface area (Å²) in [5.74, 6) is -0.0914. The summed E-state index contributed by atoms with van der Waals surface area (Å²) in [6, 6.07) is 13.4. The summed E-state index contributed by atoms with van der Waals surface area (Å²) < 4.78 is 19.5. The average Bonchev–Trinajstić information content (AvgIpc) is 3.16. The van der Waals surface area contributed by atoms with E-state index in [2.05, 4.69) is 10.3 Å². The van der Waals surface area contributed by atoms with E-state index in [-0.39, 0.29) is 24.4 Å². The molecule has 0 aliphatic heterocycles. The standard InChI is InChI=1S/C21H21FN2O3S/c1-13(2)27-15-7-5-6-14(10-15)18(25)11-23-20(26)19-12-24-21(28-19)16-8-3-4-9-17(16)22/h3-10,12-13,18,25H,11H2,1-2H3,(H,23,26). The van der Waals surface area contributed by atoms with Gasteiger partial charge in [0.25, 0.3) is 5.91 Å². The first-order valence-corrected chi connectivity index (χ1v) is 9.69. The molecule has 0 saturated carbocycles. The van der Waals surface area contributed by atoms with Crippen molar-refractivity contribution in [3.05, 3.63) is 71.0 Å². The zero-order valence-electron chi connectivity index (χ0n) is 15.6. The molecule has 1 atom stereocenters. The Labute approximate surface area is 166 Å². The van der Waals surface area contributed by atoms with Crippen molar-refractivity contribution in [1.29, 1.82) is 0 Å². The molecule has 7 heteroatoms. The highest BCUT2D eigenvalue weighted by molar-refractivity contribution is 7.16. The normalized spacial score (nSPS) is 12.0. The first-order valence-electron chi connectivity index (χ1n) is 8.87. The predicted molar refractivity (Wildman–Crippen MR) is 107 cm³/mol. The molecule has 1 amide bonds. The Morgan fingerprint density at radius 1 is 1.25 bits per heavy atom. The van der Waals surface area contributed by atoms with Crippen molar-refractivity contribution in [3.63, 3.8) is 0 Å². The molecule has 2 aromatic carbocycles. The zero-order valence-corrected chi connectivity index (χ0v) is 16.4. The van der Waals surface area contributed by atoms with E-state index in [9.17, 15) is 14.3 Å². The Balaban J connectivity index is 1.62. The Bertz CT molecular complexity index is 958. The molecule has 146 valence electrons. The van der Waals surface area contributed by atoms with Crippen molar-refractivity contribution in [1.82, 2.24) is 10.3 Å². The zero-order chi connectivity index (χ0) is 20.1. The van der Waals surface area contributed by atoms with E-state index in [0.717, 1.165) is 11.3 Å². The Morgan fingerprint density at radius 2 is 2.04 bits per heavy atom. The molecule has 5 nitrogen and oxygen atoms in total. The predicted octanol–water partition coefficient (Wildman–Crippen LogP) is 4.20. The average molecular weight is 400 g/mol. The fourth-order valence-corrected chi connectivity index (χ4v) is 3.46. The Kier molecular flexibility index (Phi) is 6.38. The number of rotatable bonds is 7. The van der Waals surface area contributed by atoms with Gasteiger partial charge in [-0.15, -0.1) is 11.3 Å². The highest BCUT2D eigenvalue weighted by Gasteiger charge is 2.16. The van der Waals surface area contributed by atoms with Gasteiger partial charge in [-0.2, -0.15) is 0 Å². The second-order valence-corrected chi connectivity index (χ2v) is 7.51. The molecular formula is C21H21FN2O3S. The van der Waals surface area contributed by atoms with Gasteiger partial charge in [-0.25, -0.2) is 9.37 Å². The van der Waals surface area contributed by atoms with Gasteiger partial charge in [-0.1, -0.05) is 24.3 Å². The van der Waals surface area contributed by atoms with Crippen LogP contribution in [0.3, 0.4) is 0 Å². The van der Waals surface area contributed by atoms with E-state index < -0.39 is 6.10 Å². The number of aromatic nitrogens is 1. The lowest BCUT2D eigenvalue weighted by atomic mass is 10.1. The van der Waals surface area contributed by atoms with Crippen molar-refractivity contribution in [2.45, 2.75) is 26.1 Å². The van der Waals surface area contributed by atoms with E-state index in [0.29, 0.717) is 26.8 Å². The van der Waals surface area contributed by atoms with Gasteiger partial charge < -0.3 is 15.2 Å². The number of nitrogens with one attached hydrogen (secondary N) is 1. The second kappa shape index (κ2) is 8.95. The molecule has 0 fully saturated rings. The van der Waals surface area contributed by atoms with Crippen molar-refractivity contribution < 1.29 is 19.0 Å². The Hall–Kier alpha value is -2.77. The quantitative estimate of drug-likeness (QED) is 0.624. The van der Waals surface area contributed by atoms with Crippen LogP contribution in [-0.2, 0) is 0 Å². The first-order chi connectivity index (χ1) is 13.4. The maximum atomic E-state index is 13.9. The third-order valence-electron chi connectivity index (χ3n) is 3.90. The van der Waals surface area contributed by atoms with Crippen LogP contribution in [0.1, 0.15) is 35.2 Å². The minimum absolute atomic E-state index is 0.0297. The minimum Gasteiger partial charge on any atom is -0.491 e. The fourth-order valence-electron chi connectivity index (χ4n) is 2.60. The third-order valence-corrected chi connectivity index (χ3v) is 4.93. The number of carbonyl (C=O) groups is 1. The van der Waals surface area contributed by atoms with E-state index in [1.807, 2.05) is 19.9 Å². The van der Waals surface area contributed by atoms with Gasteiger partial charge in [0, 0.05) is 12.1 Å². The number of carbonyl (C=O) groups excluding carboxylic acids is 1. The van der Waals surface area contributed by atoms with E-state index in [1.54, 1.807) is 36.4 Å². The molecule has 3 aromatic rings. The number of thiazole rings is 1. The lowest BCUT2D eigenvalue weighted by Gasteiger charge is -2.15. The van der Waals surface area contributed by atoms with Gasteiger partial charge in [-0.3, -0.25) is 4.79 Å². The van der Waals surface area contributed by atoms with Crippen LogP contribution in [0.2, 0.25) is 0 Å². The maximum absolute atomic E-state index is 13.9. The summed E-state index contributed by atoms with van der Waals surface area (Å²) in [5.41, 5.74) is 1.00. The molecule has 2 N–H and O–H groups in total. The topological polar surface area (TPSA) is 71.5 Å². The summed E-state index contributed by atoms with van der Waals surface area (Å²) in [7, 11) is 0. The van der Waals surface area contributed by atoms with Crippen molar-refractivity contribution in [2.75, 3.05) is 6.54 Å². The lowest BCUT2D eigenvalue weighted by molar-refractivity contribution is 0.0920. The highest BCUT2D eigenvalue weighted by Crippen LogP contribution is 2.27. The first kappa shape index (κ1) is 20.0. The van der Waals surface area contributed by atoms with Crippen molar-refractivity contribution in [2.24, 2.45) is 0 Å². The smallest absolute Gasteiger partial charge is 0.263 e. The largest absolute Gasteiger partial charge is 0.491 e. The summed E-state index contributed by atoms with van der Waals surface area (Å²) in [4.78, 5) is 16.8. The number of nitrogens with zero attached hydrogens (tertiary/aromatic N) is 1. The molecule has 0 saturated heterocycles. The summed E-state index contributed by atoms with van der Waals surface area (Å²) >= 11 is 1.10. The van der Waals surface area contributed by atoms with Crippen LogP contribution in [-0.4, -0.2) is 28.6 Å². The van der Waals surface area contributed by atoms with E-state index >= 15 is 0 Å². The van der Waals surface area contributed by atoms with Gasteiger partial charge in [0.1, 0.15) is 21.5 Å². The summed E-state index contributed by atoms with van der Waals surface area (Å²) in [5, 5.41) is 13.5. The molecule has 1 heterocycles. The maximum Gasteiger partial charge on any atom is 0.263 e. The van der Waals surface area contributed by atoms with Crippen LogP contribution in [0.25, 0.3) is 10.6 Å². The number of aliphatic hydroxyl groups excluding tert-OH is 1. The van der Waals surface area contributed by atoms with Gasteiger partial charge in [0.2, 0.25) is 0 Å². The van der Waals surface area contributed by atoms with Crippen LogP contribution in [0, 0.1) is 5.82 Å². The van der Waals surface area contributed by atoms with E-state index in [1.165, 1.54) is 12.3 Å². The summed E-state index contributed by atoms with van der Waals surface area (Å²) in [6.07, 6.45) is 0.561. The van der Waals surface area contributed by atoms with Gasteiger partial charge >= 0.3 is 0 Å². The highest BCUT2D eigenvalue weighted by atomic mass is 32.1. The molecule has 0 radical (unpaired) electrons. The van der Waals surface area contributed by atoms with Crippen molar-refractivity contribution in [3.8, 4) is 16.3 Å². The number of hydrogen-bond acceptors (Lipinski definition) is 5. The van der Waals surface area contributed by atoms with Crippen LogP contribution in [0.15, 0.2) is 54.7 Å². The molecule has 1 unspecified atom stereocenters. The number of hydrogen-bond donors (Lipinski definition) is 2. The van der Waals surface area contributed by atoms with Crippen LogP contribution in [0.5, 0.6) is 5.75 Å². The molecule has 3 rings (SSSR count). The summed E-state index contributed by atoms with van der Waals surface area (Å²) in [6.45, 7) is 3.89. The van der Waals surface area contributed by atoms with E-state index in [4.69, 9.17) is 4.74 Å². The molecule has 0 spiro atoms. The SMILES string of the molecule is CC(C)Oc1cccc(C(O)CNC(=O)c2cnc(-c3ccccc3F)s2)c1. The minimum atomic E-state index is -0.876. The number of halogens is 1. The number of amides is 1. The van der Waals surface area contributed by atoms with Gasteiger partial charge in [0.15, 0.2) is 0 Å². The van der Waals surface area contributed by atoms with Crippen LogP contribution < -0.4 is 10.1 Å². The third kappa shape index (κ3) is 4.94. The van der Waals surface area contributed by atoms with Crippen LogP contribution >= 0.6 is 11.3 Å². The second-order valence-electron chi connectivity index (χ2n) is 6.47. The van der Waals surface area contributed by atoms with Crippen molar-refractivity contribution >= 4 is 17.2 Å². The van der Waals surface area contributed by atoms with Gasteiger partial charge in [0.05, 0.1) is 18.4 Å². The molecular weight excluding hydrogens is 379 g/mol. The Morgan fingerprint density at radius 3 is 2.79 bits per heavy atom. The molecule has 28 heavy (non-hydrogen) atoms.